The lowest BCUT2D eigenvalue weighted by Gasteiger charge is -2.33. The first-order chi connectivity index (χ1) is 8.32. The van der Waals surface area contributed by atoms with Gasteiger partial charge < -0.3 is 15.2 Å². The smallest absolute Gasteiger partial charge is 0.394 e. The van der Waals surface area contributed by atoms with Crippen LogP contribution in [-0.2, 0) is 4.74 Å². The van der Waals surface area contributed by atoms with E-state index in [0.29, 0.717) is 0 Å². The molecule has 0 aliphatic heterocycles. The van der Waals surface area contributed by atoms with E-state index in [2.05, 4.69) is 10.1 Å². The number of nitrogens with one attached hydrogen (secondary N) is 1. The van der Waals surface area contributed by atoms with Crippen molar-refractivity contribution in [2.24, 2.45) is 0 Å². The van der Waals surface area contributed by atoms with Crippen LogP contribution in [0.4, 0.5) is 26.3 Å². The lowest BCUT2D eigenvalue weighted by molar-refractivity contribution is -0.324. The molecule has 3 nitrogen and oxygen atoms in total. The average Bonchev–Trinajstić information content (AvgIpc) is 2.12. The van der Waals surface area contributed by atoms with Gasteiger partial charge in [0.15, 0.2) is 0 Å². The van der Waals surface area contributed by atoms with E-state index in [9.17, 15) is 26.3 Å². The lowest BCUT2D eigenvalue weighted by Crippen LogP contribution is -2.55. The first-order valence-corrected chi connectivity index (χ1v) is 5.45. The summed E-state index contributed by atoms with van der Waals surface area (Å²) in [6.07, 6.45) is -15.0. The van der Waals surface area contributed by atoms with E-state index < -0.39 is 37.2 Å². The Morgan fingerprint density at radius 2 is 1.47 bits per heavy atom. The van der Waals surface area contributed by atoms with Gasteiger partial charge in [0.05, 0.1) is 18.8 Å². The zero-order chi connectivity index (χ0) is 15.5. The molecule has 0 aromatic rings. The van der Waals surface area contributed by atoms with Crippen molar-refractivity contribution in [1.82, 2.24) is 5.32 Å². The fourth-order valence-electron chi connectivity index (χ4n) is 1.47. The van der Waals surface area contributed by atoms with Crippen molar-refractivity contribution in [2.45, 2.75) is 50.8 Å². The Kier molecular flexibility index (Phi) is 6.10. The number of ether oxygens (including phenoxy) is 1. The van der Waals surface area contributed by atoms with Gasteiger partial charge in [-0.05, 0) is 6.92 Å². The summed E-state index contributed by atoms with van der Waals surface area (Å²) in [5.41, 5.74) is -1.39. The van der Waals surface area contributed by atoms with Gasteiger partial charge in [-0.2, -0.15) is 26.3 Å². The second-order valence-electron chi connectivity index (χ2n) is 4.79. The number of hydrogen-bond acceptors (Lipinski definition) is 3. The van der Waals surface area contributed by atoms with Crippen molar-refractivity contribution < 1.29 is 36.2 Å². The minimum Gasteiger partial charge on any atom is -0.394 e. The summed E-state index contributed by atoms with van der Waals surface area (Å²) in [5, 5.41) is 11.7. The Labute approximate surface area is 106 Å². The van der Waals surface area contributed by atoms with Gasteiger partial charge >= 0.3 is 12.4 Å². The predicted octanol–water partition coefficient (Wildman–Crippen LogP) is 2.25. The van der Waals surface area contributed by atoms with Crippen molar-refractivity contribution in [3.8, 4) is 0 Å². The molecule has 0 saturated heterocycles. The first-order valence-electron chi connectivity index (χ1n) is 5.45. The summed E-state index contributed by atoms with van der Waals surface area (Å²) in [6, 6.07) is -0.240. The van der Waals surface area contributed by atoms with E-state index in [1.807, 2.05) is 0 Å². The summed E-state index contributed by atoms with van der Waals surface area (Å²) < 4.78 is 77.3. The molecule has 0 radical (unpaired) electrons. The van der Waals surface area contributed by atoms with Crippen molar-refractivity contribution >= 4 is 0 Å². The Morgan fingerprint density at radius 3 is 1.74 bits per heavy atom. The minimum absolute atomic E-state index is 0.240. The normalized spacial score (nSPS) is 17.1. The molecule has 0 amide bonds. The van der Waals surface area contributed by atoms with Crippen molar-refractivity contribution in [3.05, 3.63) is 0 Å². The van der Waals surface area contributed by atoms with Crippen LogP contribution < -0.4 is 5.32 Å². The minimum atomic E-state index is -5.55. The molecule has 0 rings (SSSR count). The molecule has 2 N–H and O–H groups in total. The van der Waals surface area contributed by atoms with Crippen LogP contribution in [0.5, 0.6) is 0 Å². The summed E-state index contributed by atoms with van der Waals surface area (Å²) in [6.45, 7) is 2.97. The molecule has 0 fully saturated rings. The maximum Gasteiger partial charge on any atom is 0.423 e. The number of halogens is 6. The van der Waals surface area contributed by atoms with Crippen LogP contribution in [0.3, 0.4) is 0 Å². The fraction of sp³-hybridized carbons (Fsp3) is 1.00. The molecule has 0 spiro atoms. The highest BCUT2D eigenvalue weighted by Crippen LogP contribution is 2.36. The zero-order valence-corrected chi connectivity index (χ0v) is 10.7. The third-order valence-electron chi connectivity index (χ3n) is 2.15. The molecule has 1 atom stereocenters. The highest BCUT2D eigenvalue weighted by atomic mass is 19.4. The molecule has 0 aromatic heterocycles. The third-order valence-corrected chi connectivity index (χ3v) is 2.15. The SMILES string of the molecule is CC(C)NC(C)(CO)COC(C(F)(F)F)C(F)(F)F. The van der Waals surface area contributed by atoms with Crippen LogP contribution in [0.2, 0.25) is 0 Å². The largest absolute Gasteiger partial charge is 0.423 e. The lowest BCUT2D eigenvalue weighted by atomic mass is 10.0. The molecular weight excluding hydrogens is 280 g/mol. The summed E-state index contributed by atoms with van der Waals surface area (Å²) >= 11 is 0. The Morgan fingerprint density at radius 1 is 1.05 bits per heavy atom. The van der Waals surface area contributed by atoms with Crippen molar-refractivity contribution in [2.75, 3.05) is 13.2 Å². The molecule has 9 heteroatoms. The van der Waals surface area contributed by atoms with Crippen LogP contribution >= 0.6 is 0 Å². The predicted molar refractivity (Wildman–Crippen MR) is 55.6 cm³/mol. The number of rotatable bonds is 6. The molecule has 0 bridgehead atoms. The van der Waals surface area contributed by atoms with E-state index in [1.165, 1.54) is 6.92 Å². The van der Waals surface area contributed by atoms with Gasteiger partial charge in [-0.1, -0.05) is 13.8 Å². The van der Waals surface area contributed by atoms with Crippen LogP contribution in [0, 0.1) is 0 Å². The molecule has 1 unspecified atom stereocenters. The molecule has 0 aromatic carbocycles. The number of aliphatic hydroxyl groups is 1. The molecule has 0 saturated carbocycles. The molecule has 116 valence electrons. The fourth-order valence-corrected chi connectivity index (χ4v) is 1.47. The Hall–Kier alpha value is -0.540. The molecule has 0 aliphatic carbocycles. The van der Waals surface area contributed by atoms with Crippen molar-refractivity contribution in [1.29, 1.82) is 0 Å². The van der Waals surface area contributed by atoms with Crippen molar-refractivity contribution in [3.63, 3.8) is 0 Å². The summed E-state index contributed by atoms with van der Waals surface area (Å²) in [7, 11) is 0. The second kappa shape index (κ2) is 6.27. The van der Waals surface area contributed by atoms with E-state index in [-0.39, 0.29) is 6.04 Å². The van der Waals surface area contributed by atoms with Gasteiger partial charge in [0.2, 0.25) is 6.10 Å². The summed E-state index contributed by atoms with van der Waals surface area (Å²) in [4.78, 5) is 0. The Balaban J connectivity index is 4.80. The highest BCUT2D eigenvalue weighted by molar-refractivity contribution is 4.86. The quantitative estimate of drug-likeness (QED) is 0.739. The maximum absolute atomic E-state index is 12.2. The third kappa shape index (κ3) is 6.44. The van der Waals surface area contributed by atoms with Gasteiger partial charge in [-0.15, -0.1) is 0 Å². The molecule has 0 aliphatic rings. The molecule has 19 heavy (non-hydrogen) atoms. The number of alkyl halides is 6. The molecular formula is C10H17F6NO2. The van der Waals surface area contributed by atoms with E-state index in [0.717, 1.165) is 0 Å². The first kappa shape index (κ1) is 18.5. The van der Waals surface area contributed by atoms with Crippen LogP contribution in [0.15, 0.2) is 0 Å². The van der Waals surface area contributed by atoms with Crippen LogP contribution in [-0.4, -0.2) is 48.4 Å². The van der Waals surface area contributed by atoms with Gasteiger partial charge in [0, 0.05) is 6.04 Å². The Bertz CT molecular complexity index is 264. The van der Waals surface area contributed by atoms with E-state index >= 15 is 0 Å². The van der Waals surface area contributed by atoms with Gasteiger partial charge in [0.25, 0.3) is 0 Å². The van der Waals surface area contributed by atoms with Crippen LogP contribution in [0.1, 0.15) is 20.8 Å². The standard InChI is InChI=1S/C10H17F6NO2/c1-6(2)17-8(3,4-18)5-19-7(9(11,12)13)10(14,15)16/h6-7,17-18H,4-5H2,1-3H3. The van der Waals surface area contributed by atoms with Gasteiger partial charge in [0.1, 0.15) is 0 Å². The monoisotopic (exact) mass is 297 g/mol. The van der Waals surface area contributed by atoms with E-state index in [1.54, 1.807) is 13.8 Å². The van der Waals surface area contributed by atoms with Gasteiger partial charge in [-0.3, -0.25) is 0 Å². The second-order valence-corrected chi connectivity index (χ2v) is 4.79. The highest BCUT2D eigenvalue weighted by Gasteiger charge is 2.58. The maximum atomic E-state index is 12.2. The average molecular weight is 297 g/mol. The number of hydrogen-bond donors (Lipinski definition) is 2. The molecule has 0 heterocycles. The van der Waals surface area contributed by atoms with E-state index in [4.69, 9.17) is 5.11 Å². The topological polar surface area (TPSA) is 41.5 Å². The number of aliphatic hydroxyl groups excluding tert-OH is 1. The van der Waals surface area contributed by atoms with Crippen LogP contribution in [0.25, 0.3) is 0 Å². The zero-order valence-electron chi connectivity index (χ0n) is 10.7. The van der Waals surface area contributed by atoms with Gasteiger partial charge in [-0.25, -0.2) is 0 Å². The summed E-state index contributed by atoms with van der Waals surface area (Å²) in [5.74, 6) is 0.